The quantitative estimate of drug-likeness (QED) is 0.209. The highest BCUT2D eigenvalue weighted by Crippen LogP contribution is 2.41. The van der Waals surface area contributed by atoms with E-state index in [0.717, 1.165) is 23.8 Å². The summed E-state index contributed by atoms with van der Waals surface area (Å²) in [7, 11) is 0. The Hall–Kier alpha value is -3.20. The van der Waals surface area contributed by atoms with Crippen molar-refractivity contribution >= 4 is 58.1 Å². The molecule has 0 fully saturated rings. The zero-order valence-electron chi connectivity index (χ0n) is 15.7. The molecule has 158 valence electrons. The Morgan fingerprint density at radius 2 is 1.61 bits per heavy atom. The van der Waals surface area contributed by atoms with E-state index in [9.17, 15) is 20.2 Å². The van der Waals surface area contributed by atoms with Crippen molar-refractivity contribution in [3.63, 3.8) is 0 Å². The van der Waals surface area contributed by atoms with E-state index in [0.29, 0.717) is 16.3 Å². The first-order valence-electron chi connectivity index (χ1n) is 8.55. The summed E-state index contributed by atoms with van der Waals surface area (Å²) in [6.07, 6.45) is 1.54. The average Bonchev–Trinajstić information content (AvgIpc) is 2.71. The summed E-state index contributed by atoms with van der Waals surface area (Å²) < 4.78 is 5.53. The molecule has 0 atom stereocenters. The molecule has 0 aromatic heterocycles. The molecular formula is C20H12Cl3N3O5. The molecular weight excluding hydrogens is 469 g/mol. The van der Waals surface area contributed by atoms with Crippen LogP contribution in [-0.4, -0.2) is 16.1 Å². The van der Waals surface area contributed by atoms with E-state index in [1.165, 1.54) is 18.3 Å². The fraction of sp³-hybridized carbons (Fsp3) is 0.0500. The number of rotatable bonds is 6. The zero-order valence-corrected chi connectivity index (χ0v) is 18.0. The predicted molar refractivity (Wildman–Crippen MR) is 120 cm³/mol. The molecule has 3 rings (SSSR count). The molecule has 0 aliphatic heterocycles. The lowest BCUT2D eigenvalue weighted by atomic mass is 10.2. The Bertz CT molecular complexity index is 1210. The van der Waals surface area contributed by atoms with Crippen LogP contribution in [0.4, 0.5) is 17.1 Å². The van der Waals surface area contributed by atoms with Crippen LogP contribution in [0.25, 0.3) is 0 Å². The van der Waals surface area contributed by atoms with Gasteiger partial charge < -0.3 is 4.74 Å². The fourth-order valence-corrected chi connectivity index (χ4v) is 3.32. The number of nitro groups is 2. The summed E-state index contributed by atoms with van der Waals surface area (Å²) >= 11 is 18.5. The minimum absolute atomic E-state index is 0.0311. The van der Waals surface area contributed by atoms with Crippen molar-refractivity contribution in [3.8, 4) is 11.5 Å². The molecule has 0 N–H and O–H groups in total. The highest BCUT2D eigenvalue weighted by atomic mass is 35.5. The SMILES string of the molecule is Cc1ccc(Cl)cc1N=Cc1cc(Cl)c(Oc2ccc([N+](=O)[O-])cc2[N+](=O)[O-])c(Cl)c1. The van der Waals surface area contributed by atoms with Gasteiger partial charge in [-0.2, -0.15) is 0 Å². The summed E-state index contributed by atoms with van der Waals surface area (Å²) in [4.78, 5) is 25.0. The van der Waals surface area contributed by atoms with Gasteiger partial charge in [-0.15, -0.1) is 0 Å². The minimum Gasteiger partial charge on any atom is -0.447 e. The number of hydrogen-bond donors (Lipinski definition) is 0. The van der Waals surface area contributed by atoms with E-state index >= 15 is 0 Å². The summed E-state index contributed by atoms with van der Waals surface area (Å²) in [6.45, 7) is 1.89. The molecule has 0 aliphatic carbocycles. The molecule has 31 heavy (non-hydrogen) atoms. The fourth-order valence-electron chi connectivity index (χ4n) is 2.58. The van der Waals surface area contributed by atoms with Gasteiger partial charge in [0, 0.05) is 17.3 Å². The molecule has 0 saturated heterocycles. The van der Waals surface area contributed by atoms with Crippen molar-refractivity contribution in [1.82, 2.24) is 0 Å². The van der Waals surface area contributed by atoms with Gasteiger partial charge in [-0.05, 0) is 48.4 Å². The largest absolute Gasteiger partial charge is 0.447 e. The smallest absolute Gasteiger partial charge is 0.318 e. The maximum absolute atomic E-state index is 11.3. The summed E-state index contributed by atoms with van der Waals surface area (Å²) in [5, 5.41) is 22.9. The Labute approximate surface area is 191 Å². The molecule has 3 aromatic rings. The van der Waals surface area contributed by atoms with Crippen molar-refractivity contribution < 1.29 is 14.6 Å². The second kappa shape index (κ2) is 9.30. The molecule has 0 unspecified atom stereocenters. The van der Waals surface area contributed by atoms with Crippen LogP contribution in [0.1, 0.15) is 11.1 Å². The number of aryl methyl sites for hydroxylation is 1. The maximum Gasteiger partial charge on any atom is 0.318 e. The lowest BCUT2D eigenvalue weighted by Gasteiger charge is -2.10. The molecule has 0 aliphatic rings. The number of ether oxygens (including phenoxy) is 1. The predicted octanol–water partition coefficient (Wildman–Crippen LogP) is 7.31. The van der Waals surface area contributed by atoms with Crippen LogP contribution in [0.3, 0.4) is 0 Å². The lowest BCUT2D eigenvalue weighted by Crippen LogP contribution is -1.97. The Balaban J connectivity index is 1.93. The first kappa shape index (κ1) is 22.5. The van der Waals surface area contributed by atoms with Crippen LogP contribution in [-0.2, 0) is 0 Å². The molecule has 0 spiro atoms. The third-order valence-electron chi connectivity index (χ3n) is 4.11. The topological polar surface area (TPSA) is 108 Å². The van der Waals surface area contributed by atoms with Gasteiger partial charge in [0.1, 0.15) is 0 Å². The van der Waals surface area contributed by atoms with Crippen LogP contribution < -0.4 is 4.74 Å². The summed E-state index contributed by atoms with van der Waals surface area (Å²) in [5.74, 6) is -0.272. The molecule has 11 heteroatoms. The molecule has 0 heterocycles. The van der Waals surface area contributed by atoms with Crippen molar-refractivity contribution in [2.45, 2.75) is 6.92 Å². The molecule has 0 radical (unpaired) electrons. The van der Waals surface area contributed by atoms with Crippen LogP contribution >= 0.6 is 34.8 Å². The number of nitro benzene ring substituents is 2. The summed E-state index contributed by atoms with van der Waals surface area (Å²) in [6, 6.07) is 11.3. The van der Waals surface area contributed by atoms with Gasteiger partial charge in [0.2, 0.25) is 5.75 Å². The van der Waals surface area contributed by atoms with Crippen molar-refractivity contribution in [1.29, 1.82) is 0 Å². The van der Waals surface area contributed by atoms with Crippen LogP contribution in [0.2, 0.25) is 15.1 Å². The number of halogens is 3. The van der Waals surface area contributed by atoms with Gasteiger partial charge in [-0.1, -0.05) is 40.9 Å². The standard InChI is InChI=1S/C20H12Cl3N3O5/c1-11-2-3-13(21)8-17(11)24-10-12-6-15(22)20(16(23)7-12)31-19-5-4-14(25(27)28)9-18(19)26(29)30/h2-10H,1H3. The first-order chi connectivity index (χ1) is 14.7. The summed E-state index contributed by atoms with van der Waals surface area (Å²) in [5.41, 5.74) is 1.10. The van der Waals surface area contributed by atoms with E-state index in [1.54, 1.807) is 12.1 Å². The van der Waals surface area contributed by atoms with Gasteiger partial charge in [0.05, 0.1) is 31.6 Å². The van der Waals surface area contributed by atoms with Gasteiger partial charge in [-0.25, -0.2) is 0 Å². The maximum atomic E-state index is 11.3. The first-order valence-corrected chi connectivity index (χ1v) is 9.69. The van der Waals surface area contributed by atoms with Gasteiger partial charge in [0.15, 0.2) is 5.75 Å². The number of benzene rings is 3. The normalized spacial score (nSPS) is 11.0. The molecule has 0 amide bonds. The van der Waals surface area contributed by atoms with Crippen LogP contribution in [0, 0.1) is 27.2 Å². The van der Waals surface area contributed by atoms with E-state index in [-0.39, 0.29) is 21.5 Å². The molecule has 3 aromatic carbocycles. The number of non-ortho nitro benzene ring substituents is 1. The third kappa shape index (κ3) is 5.29. The van der Waals surface area contributed by atoms with E-state index in [2.05, 4.69) is 4.99 Å². The van der Waals surface area contributed by atoms with Crippen LogP contribution in [0.5, 0.6) is 11.5 Å². The Morgan fingerprint density at radius 3 is 2.23 bits per heavy atom. The molecule has 8 nitrogen and oxygen atoms in total. The number of aliphatic imine (C=N–C) groups is 1. The Morgan fingerprint density at radius 1 is 0.935 bits per heavy atom. The van der Waals surface area contributed by atoms with Gasteiger partial charge >= 0.3 is 5.69 Å². The zero-order chi connectivity index (χ0) is 22.7. The minimum atomic E-state index is -0.793. The van der Waals surface area contributed by atoms with E-state index in [1.807, 2.05) is 13.0 Å². The van der Waals surface area contributed by atoms with Crippen molar-refractivity contribution in [2.75, 3.05) is 0 Å². The lowest BCUT2D eigenvalue weighted by molar-refractivity contribution is -0.394. The van der Waals surface area contributed by atoms with E-state index in [4.69, 9.17) is 39.5 Å². The average molecular weight is 481 g/mol. The number of hydrogen-bond acceptors (Lipinski definition) is 6. The van der Waals surface area contributed by atoms with E-state index < -0.39 is 21.2 Å². The molecule has 0 saturated carbocycles. The van der Waals surface area contributed by atoms with Gasteiger partial charge in [0.25, 0.3) is 5.69 Å². The van der Waals surface area contributed by atoms with Crippen LogP contribution in [0.15, 0.2) is 53.5 Å². The highest BCUT2D eigenvalue weighted by Gasteiger charge is 2.23. The van der Waals surface area contributed by atoms with Crippen molar-refractivity contribution in [3.05, 3.63) is 95.0 Å². The van der Waals surface area contributed by atoms with Crippen molar-refractivity contribution in [2.24, 2.45) is 4.99 Å². The third-order valence-corrected chi connectivity index (χ3v) is 4.90. The van der Waals surface area contributed by atoms with Gasteiger partial charge in [-0.3, -0.25) is 25.2 Å². The second-order valence-electron chi connectivity index (χ2n) is 6.27. The molecule has 0 bridgehead atoms. The highest BCUT2D eigenvalue weighted by molar-refractivity contribution is 6.37. The number of nitrogens with zero attached hydrogens (tertiary/aromatic N) is 3. The monoisotopic (exact) mass is 479 g/mol. The second-order valence-corrected chi connectivity index (χ2v) is 7.52. The Kier molecular flexibility index (Phi) is 6.74.